The third kappa shape index (κ3) is 4.10. The molecule has 3 nitrogen and oxygen atoms in total. The minimum atomic E-state index is -0.411. The van der Waals surface area contributed by atoms with Gasteiger partial charge >= 0.3 is 6.03 Å². The number of rotatable bonds is 4. The number of nitrogens with zero attached hydrogens (tertiary/aromatic N) is 1. The van der Waals surface area contributed by atoms with Crippen LogP contribution in [0.15, 0.2) is 18.2 Å². The summed E-state index contributed by atoms with van der Waals surface area (Å²) in [5.41, 5.74) is 6.26. The number of nitrogens with two attached hydrogens (primary N) is 1. The summed E-state index contributed by atoms with van der Waals surface area (Å²) in [6, 6.07) is 5.18. The highest BCUT2D eigenvalue weighted by Crippen LogP contribution is 2.27. The van der Waals surface area contributed by atoms with Crippen molar-refractivity contribution in [1.29, 1.82) is 0 Å². The number of urea groups is 1. The summed E-state index contributed by atoms with van der Waals surface area (Å²) in [6.07, 6.45) is 0.831. The van der Waals surface area contributed by atoms with Crippen LogP contribution in [-0.4, -0.2) is 24.5 Å². The zero-order valence-electron chi connectivity index (χ0n) is 9.91. The Bertz CT molecular complexity index is 409. The van der Waals surface area contributed by atoms with E-state index in [1.165, 1.54) is 4.90 Å². The lowest BCUT2D eigenvalue weighted by Crippen LogP contribution is -2.33. The van der Waals surface area contributed by atoms with E-state index in [-0.39, 0.29) is 0 Å². The summed E-state index contributed by atoms with van der Waals surface area (Å²) in [5, 5.41) is 1.11. The molecule has 0 bridgehead atoms. The van der Waals surface area contributed by atoms with E-state index in [1.807, 2.05) is 12.1 Å². The predicted molar refractivity (Wildman–Crippen MR) is 71.7 cm³/mol. The number of hydrogen-bond acceptors (Lipinski definition) is 1. The number of halogens is 2. The van der Waals surface area contributed by atoms with Gasteiger partial charge in [0.05, 0.1) is 10.0 Å². The van der Waals surface area contributed by atoms with E-state index >= 15 is 0 Å². The van der Waals surface area contributed by atoms with Gasteiger partial charge in [0.25, 0.3) is 0 Å². The molecule has 2 amide bonds. The van der Waals surface area contributed by atoms with Gasteiger partial charge in [-0.2, -0.15) is 0 Å². The molecule has 0 radical (unpaired) electrons. The normalized spacial score (nSPS) is 12.2. The molecule has 17 heavy (non-hydrogen) atoms. The third-order valence-corrected chi connectivity index (χ3v) is 3.53. The van der Waals surface area contributed by atoms with Crippen molar-refractivity contribution >= 4 is 29.2 Å². The van der Waals surface area contributed by atoms with Crippen molar-refractivity contribution < 1.29 is 4.79 Å². The highest BCUT2D eigenvalue weighted by Gasteiger charge is 2.10. The molecule has 5 heteroatoms. The Balaban J connectivity index is 2.60. The molecule has 0 saturated carbocycles. The van der Waals surface area contributed by atoms with Crippen LogP contribution in [0.3, 0.4) is 0 Å². The molecule has 1 rings (SSSR count). The van der Waals surface area contributed by atoms with Crippen LogP contribution in [0.2, 0.25) is 10.0 Å². The average molecular weight is 275 g/mol. The standard InChI is InChI=1S/C12H16Cl2N2O/c1-8(5-6-16(2)12(15)17)9-3-4-10(13)11(14)7-9/h3-4,7-8H,5-6H2,1-2H3,(H2,15,17). The van der Waals surface area contributed by atoms with Crippen molar-refractivity contribution in [2.45, 2.75) is 19.3 Å². The molecular weight excluding hydrogens is 259 g/mol. The zero-order valence-corrected chi connectivity index (χ0v) is 11.4. The van der Waals surface area contributed by atoms with Gasteiger partial charge in [0.2, 0.25) is 0 Å². The predicted octanol–water partition coefficient (Wildman–Crippen LogP) is 3.50. The van der Waals surface area contributed by atoms with Crippen LogP contribution in [0.5, 0.6) is 0 Å². The van der Waals surface area contributed by atoms with Crippen molar-refractivity contribution in [3.05, 3.63) is 33.8 Å². The highest BCUT2D eigenvalue weighted by molar-refractivity contribution is 6.42. The van der Waals surface area contributed by atoms with Crippen molar-refractivity contribution in [3.8, 4) is 0 Å². The van der Waals surface area contributed by atoms with Crippen molar-refractivity contribution in [3.63, 3.8) is 0 Å². The summed E-state index contributed by atoms with van der Waals surface area (Å²) >= 11 is 11.8. The fraction of sp³-hybridized carbons (Fsp3) is 0.417. The second kappa shape index (κ2) is 6.12. The molecule has 94 valence electrons. The molecular formula is C12H16Cl2N2O. The summed E-state index contributed by atoms with van der Waals surface area (Å²) in [5.74, 6) is 0.298. The Labute approximate surface area is 111 Å². The average Bonchev–Trinajstić information content (AvgIpc) is 2.28. The molecule has 0 fully saturated rings. The van der Waals surface area contributed by atoms with E-state index in [2.05, 4.69) is 6.92 Å². The monoisotopic (exact) mass is 274 g/mol. The van der Waals surface area contributed by atoms with Crippen LogP contribution in [-0.2, 0) is 0 Å². The van der Waals surface area contributed by atoms with Gasteiger partial charge in [0.1, 0.15) is 0 Å². The first-order valence-corrected chi connectivity index (χ1v) is 6.13. The first-order valence-electron chi connectivity index (χ1n) is 5.37. The number of benzene rings is 1. The molecule has 0 aliphatic heterocycles. The molecule has 1 atom stereocenters. The van der Waals surface area contributed by atoms with E-state index in [0.717, 1.165) is 12.0 Å². The Morgan fingerprint density at radius 3 is 2.59 bits per heavy atom. The fourth-order valence-corrected chi connectivity index (χ4v) is 1.79. The lowest BCUT2D eigenvalue weighted by Gasteiger charge is -2.18. The Hall–Kier alpha value is -0.930. The molecule has 0 spiro atoms. The van der Waals surface area contributed by atoms with E-state index in [1.54, 1.807) is 13.1 Å². The smallest absolute Gasteiger partial charge is 0.314 e. The van der Waals surface area contributed by atoms with Gasteiger partial charge in [-0.3, -0.25) is 0 Å². The van der Waals surface area contributed by atoms with Gasteiger partial charge in [-0.05, 0) is 30.0 Å². The maximum Gasteiger partial charge on any atom is 0.314 e. The van der Waals surface area contributed by atoms with E-state index in [4.69, 9.17) is 28.9 Å². The van der Waals surface area contributed by atoms with Gasteiger partial charge in [0.15, 0.2) is 0 Å². The first-order chi connectivity index (χ1) is 7.91. The van der Waals surface area contributed by atoms with Crippen molar-refractivity contribution in [2.75, 3.05) is 13.6 Å². The Morgan fingerprint density at radius 1 is 1.41 bits per heavy atom. The van der Waals surface area contributed by atoms with Crippen LogP contribution >= 0.6 is 23.2 Å². The third-order valence-electron chi connectivity index (χ3n) is 2.79. The number of hydrogen-bond donors (Lipinski definition) is 1. The summed E-state index contributed by atoms with van der Waals surface area (Å²) in [4.78, 5) is 12.4. The topological polar surface area (TPSA) is 46.3 Å². The molecule has 0 heterocycles. The Kier molecular flexibility index (Phi) is 5.09. The van der Waals surface area contributed by atoms with Gasteiger partial charge in [-0.1, -0.05) is 36.2 Å². The number of amides is 2. The summed E-state index contributed by atoms with van der Waals surface area (Å²) in [7, 11) is 1.68. The largest absolute Gasteiger partial charge is 0.351 e. The van der Waals surface area contributed by atoms with Crippen molar-refractivity contribution in [2.24, 2.45) is 5.73 Å². The van der Waals surface area contributed by atoms with Crippen LogP contribution in [0.1, 0.15) is 24.8 Å². The second-order valence-electron chi connectivity index (χ2n) is 4.12. The quantitative estimate of drug-likeness (QED) is 0.898. The lowest BCUT2D eigenvalue weighted by molar-refractivity contribution is 0.217. The number of carbonyl (C=O) groups is 1. The SMILES string of the molecule is CC(CCN(C)C(N)=O)c1ccc(Cl)c(Cl)c1. The molecule has 1 aromatic rings. The molecule has 0 aliphatic carbocycles. The Morgan fingerprint density at radius 2 is 2.06 bits per heavy atom. The molecule has 2 N–H and O–H groups in total. The molecule has 0 aliphatic rings. The van der Waals surface area contributed by atoms with Crippen LogP contribution in [0.25, 0.3) is 0 Å². The van der Waals surface area contributed by atoms with Crippen LogP contribution in [0, 0.1) is 0 Å². The zero-order chi connectivity index (χ0) is 13.0. The summed E-state index contributed by atoms with van der Waals surface area (Å²) < 4.78 is 0. The maximum atomic E-state index is 10.9. The van der Waals surface area contributed by atoms with Gasteiger partial charge < -0.3 is 10.6 Å². The van der Waals surface area contributed by atoms with Gasteiger partial charge in [-0.25, -0.2) is 4.79 Å². The van der Waals surface area contributed by atoms with E-state index in [9.17, 15) is 4.79 Å². The molecule has 1 unspecified atom stereocenters. The minimum Gasteiger partial charge on any atom is -0.351 e. The summed E-state index contributed by atoms with van der Waals surface area (Å²) in [6.45, 7) is 2.70. The van der Waals surface area contributed by atoms with Crippen molar-refractivity contribution in [1.82, 2.24) is 4.90 Å². The molecule has 1 aromatic carbocycles. The minimum absolute atomic E-state index is 0.298. The highest BCUT2D eigenvalue weighted by atomic mass is 35.5. The molecule has 0 saturated heterocycles. The second-order valence-corrected chi connectivity index (χ2v) is 4.94. The maximum absolute atomic E-state index is 10.9. The molecule has 0 aromatic heterocycles. The van der Waals surface area contributed by atoms with E-state index in [0.29, 0.717) is 22.5 Å². The first kappa shape index (κ1) is 14.1. The van der Waals surface area contributed by atoms with Crippen LogP contribution < -0.4 is 5.73 Å². The lowest BCUT2D eigenvalue weighted by atomic mass is 9.98. The fourth-order valence-electron chi connectivity index (χ4n) is 1.48. The number of primary amides is 1. The van der Waals surface area contributed by atoms with Gasteiger partial charge in [-0.15, -0.1) is 0 Å². The number of carbonyl (C=O) groups excluding carboxylic acids is 1. The van der Waals surface area contributed by atoms with E-state index < -0.39 is 6.03 Å². The van der Waals surface area contributed by atoms with Gasteiger partial charge in [0, 0.05) is 13.6 Å². The van der Waals surface area contributed by atoms with Crippen LogP contribution in [0.4, 0.5) is 4.79 Å².